The summed E-state index contributed by atoms with van der Waals surface area (Å²) in [5, 5.41) is 0. The predicted molar refractivity (Wildman–Crippen MR) is 79.3 cm³/mol. The first-order valence-corrected chi connectivity index (χ1v) is 10.3. The molecule has 0 N–H and O–H groups in total. The van der Waals surface area contributed by atoms with E-state index in [0.29, 0.717) is 12.2 Å². The van der Waals surface area contributed by atoms with Gasteiger partial charge in [-0.1, -0.05) is 31.8 Å². The lowest BCUT2D eigenvalue weighted by molar-refractivity contribution is 0.0850. The maximum atomic E-state index is 11.8. The molecule has 4 nitrogen and oxygen atoms in total. The lowest BCUT2D eigenvalue weighted by Gasteiger charge is -2.15. The molecule has 0 amide bonds. The summed E-state index contributed by atoms with van der Waals surface area (Å²) in [6.07, 6.45) is 0. The molecule has 0 saturated carbocycles. The molecular formula is C14H21NO3Si. The fraction of sp³-hybridized carbons (Fsp3) is 0.500. The number of hydrogen-bond acceptors (Lipinski definition) is 3. The minimum absolute atomic E-state index is 0.265. The van der Waals surface area contributed by atoms with Crippen molar-refractivity contribution in [1.29, 1.82) is 0 Å². The van der Waals surface area contributed by atoms with Crippen LogP contribution in [0.1, 0.15) is 5.56 Å². The Morgan fingerprint density at radius 1 is 1.32 bits per heavy atom. The van der Waals surface area contributed by atoms with Crippen LogP contribution in [0.3, 0.4) is 0 Å². The molecule has 0 unspecified atom stereocenters. The summed E-state index contributed by atoms with van der Waals surface area (Å²) in [6.45, 7) is 9.84. The summed E-state index contributed by atoms with van der Waals surface area (Å²) in [5.41, 5.74) is 2.48. The quantitative estimate of drug-likeness (QED) is 0.623. The van der Waals surface area contributed by atoms with Crippen molar-refractivity contribution >= 4 is 19.2 Å². The van der Waals surface area contributed by atoms with Crippen molar-refractivity contribution in [1.82, 2.24) is 4.57 Å². The summed E-state index contributed by atoms with van der Waals surface area (Å²) < 4.78 is 12.4. The Hall–Kier alpha value is -1.33. The van der Waals surface area contributed by atoms with Crippen LogP contribution < -0.4 is 5.76 Å². The minimum atomic E-state index is -1.09. The van der Waals surface area contributed by atoms with Crippen LogP contribution in [0.25, 0.3) is 11.1 Å². The Labute approximate surface area is 114 Å². The molecule has 0 atom stereocenters. The van der Waals surface area contributed by atoms with Gasteiger partial charge in [-0.2, -0.15) is 0 Å². The lowest BCUT2D eigenvalue weighted by atomic mass is 10.2. The summed E-state index contributed by atoms with van der Waals surface area (Å²) in [7, 11) is -1.09. The highest BCUT2D eigenvalue weighted by atomic mass is 28.3. The van der Waals surface area contributed by atoms with E-state index in [0.717, 1.165) is 17.1 Å². The number of hydrogen-bond donors (Lipinski definition) is 0. The summed E-state index contributed by atoms with van der Waals surface area (Å²) in [4.78, 5) is 11.8. The third kappa shape index (κ3) is 3.36. The van der Waals surface area contributed by atoms with Crippen molar-refractivity contribution in [3.63, 3.8) is 0 Å². The van der Waals surface area contributed by atoms with Gasteiger partial charge in [0.05, 0.1) is 5.52 Å². The number of benzene rings is 1. The van der Waals surface area contributed by atoms with E-state index in [1.54, 1.807) is 4.57 Å². The van der Waals surface area contributed by atoms with Gasteiger partial charge in [-0.3, -0.25) is 0 Å². The average Bonchev–Trinajstić information content (AvgIpc) is 2.61. The molecule has 2 rings (SSSR count). The molecule has 1 heterocycles. The zero-order chi connectivity index (χ0) is 14.0. The summed E-state index contributed by atoms with van der Waals surface area (Å²) in [5.74, 6) is -0.350. The Kier molecular flexibility index (Phi) is 3.96. The van der Waals surface area contributed by atoms with Crippen LogP contribution >= 0.6 is 0 Å². The second kappa shape index (κ2) is 5.34. The molecule has 0 saturated heterocycles. The van der Waals surface area contributed by atoms with Gasteiger partial charge in [0.2, 0.25) is 0 Å². The largest absolute Gasteiger partial charge is 0.421 e. The highest BCUT2D eigenvalue weighted by molar-refractivity contribution is 6.76. The van der Waals surface area contributed by atoms with E-state index in [-0.39, 0.29) is 12.5 Å². The van der Waals surface area contributed by atoms with Crippen LogP contribution in [-0.2, 0) is 11.5 Å². The number of ether oxygens (including phenoxy) is 1. The molecule has 0 aliphatic carbocycles. The molecule has 104 valence electrons. The molecule has 0 bridgehead atoms. The van der Waals surface area contributed by atoms with Crippen molar-refractivity contribution in [3.05, 3.63) is 34.3 Å². The van der Waals surface area contributed by atoms with E-state index >= 15 is 0 Å². The molecule has 0 aliphatic heterocycles. The van der Waals surface area contributed by atoms with Gasteiger partial charge in [-0.15, -0.1) is 0 Å². The van der Waals surface area contributed by atoms with Crippen molar-refractivity contribution in [2.24, 2.45) is 0 Å². The van der Waals surface area contributed by atoms with Crippen LogP contribution in [0.4, 0.5) is 0 Å². The fourth-order valence-electron chi connectivity index (χ4n) is 1.95. The standard InChI is InChI=1S/C14H21NO3Si/c1-11-6-5-7-12-13(11)15(14(16)18-12)10-17-8-9-19(2,3)4/h5-7H,8-10H2,1-4H3. The second-order valence-electron chi connectivity index (χ2n) is 6.07. The first kappa shape index (κ1) is 14.1. The number of rotatable bonds is 5. The van der Waals surface area contributed by atoms with E-state index in [9.17, 15) is 4.79 Å². The van der Waals surface area contributed by atoms with Gasteiger partial charge < -0.3 is 9.15 Å². The highest BCUT2D eigenvalue weighted by Crippen LogP contribution is 2.17. The molecule has 0 aliphatic rings. The molecule has 1 aromatic carbocycles. The van der Waals surface area contributed by atoms with Crippen LogP contribution in [0, 0.1) is 6.92 Å². The van der Waals surface area contributed by atoms with Gasteiger partial charge in [0, 0.05) is 14.7 Å². The first-order chi connectivity index (χ1) is 8.88. The Balaban J connectivity index is 2.13. The third-order valence-corrected chi connectivity index (χ3v) is 4.81. The Morgan fingerprint density at radius 3 is 2.74 bits per heavy atom. The monoisotopic (exact) mass is 279 g/mol. The average molecular weight is 279 g/mol. The maximum absolute atomic E-state index is 11.8. The lowest BCUT2D eigenvalue weighted by Crippen LogP contribution is -2.23. The van der Waals surface area contributed by atoms with Crippen molar-refractivity contribution < 1.29 is 9.15 Å². The number of aryl methyl sites for hydroxylation is 1. The predicted octanol–water partition coefficient (Wildman–Crippen LogP) is 3.22. The molecular weight excluding hydrogens is 258 g/mol. The molecule has 5 heteroatoms. The molecule has 0 fully saturated rings. The number of nitrogens with zero attached hydrogens (tertiary/aromatic N) is 1. The molecule has 0 spiro atoms. The SMILES string of the molecule is Cc1cccc2oc(=O)n(COCC[Si](C)(C)C)c12. The van der Waals surface area contributed by atoms with Crippen LogP contribution in [0.15, 0.2) is 27.4 Å². The van der Waals surface area contributed by atoms with Crippen molar-refractivity contribution in [2.45, 2.75) is 39.3 Å². The van der Waals surface area contributed by atoms with Gasteiger partial charge in [-0.05, 0) is 24.6 Å². The van der Waals surface area contributed by atoms with Crippen molar-refractivity contribution in [2.75, 3.05) is 6.61 Å². The van der Waals surface area contributed by atoms with Gasteiger partial charge >= 0.3 is 5.76 Å². The second-order valence-corrected chi connectivity index (χ2v) is 11.7. The smallest absolute Gasteiger partial charge is 0.408 e. The van der Waals surface area contributed by atoms with E-state index in [2.05, 4.69) is 19.6 Å². The fourth-order valence-corrected chi connectivity index (χ4v) is 2.71. The number of aromatic nitrogens is 1. The molecule has 19 heavy (non-hydrogen) atoms. The zero-order valence-electron chi connectivity index (χ0n) is 12.0. The summed E-state index contributed by atoms with van der Waals surface area (Å²) in [6, 6.07) is 6.76. The topological polar surface area (TPSA) is 44.4 Å². The molecule has 1 aromatic heterocycles. The van der Waals surface area contributed by atoms with E-state index in [1.807, 2.05) is 25.1 Å². The zero-order valence-corrected chi connectivity index (χ0v) is 13.0. The number of oxazole rings is 1. The van der Waals surface area contributed by atoms with Gasteiger partial charge in [0.25, 0.3) is 0 Å². The number of para-hydroxylation sites is 1. The van der Waals surface area contributed by atoms with Gasteiger partial charge in [0.1, 0.15) is 6.73 Å². The number of fused-ring (bicyclic) bond motifs is 1. The van der Waals surface area contributed by atoms with E-state index in [4.69, 9.17) is 9.15 Å². The minimum Gasteiger partial charge on any atom is -0.408 e. The van der Waals surface area contributed by atoms with Crippen molar-refractivity contribution in [3.8, 4) is 0 Å². The van der Waals surface area contributed by atoms with E-state index < -0.39 is 8.07 Å². The summed E-state index contributed by atoms with van der Waals surface area (Å²) >= 11 is 0. The maximum Gasteiger partial charge on any atom is 0.421 e. The van der Waals surface area contributed by atoms with Gasteiger partial charge in [-0.25, -0.2) is 9.36 Å². The third-order valence-electron chi connectivity index (χ3n) is 3.11. The normalized spacial score (nSPS) is 12.2. The van der Waals surface area contributed by atoms with Crippen LogP contribution in [0.5, 0.6) is 0 Å². The van der Waals surface area contributed by atoms with Gasteiger partial charge in [0.15, 0.2) is 5.58 Å². The Morgan fingerprint density at radius 2 is 2.05 bits per heavy atom. The Bertz CT molecular complexity index is 622. The highest BCUT2D eigenvalue weighted by Gasteiger charge is 2.14. The molecule has 2 aromatic rings. The first-order valence-electron chi connectivity index (χ1n) is 6.55. The van der Waals surface area contributed by atoms with Crippen LogP contribution in [-0.4, -0.2) is 19.2 Å². The molecule has 0 radical (unpaired) electrons. The van der Waals surface area contributed by atoms with Crippen LogP contribution in [0.2, 0.25) is 25.7 Å². The van der Waals surface area contributed by atoms with E-state index in [1.165, 1.54) is 0 Å².